The summed E-state index contributed by atoms with van der Waals surface area (Å²) in [6.45, 7) is 10.5. The summed E-state index contributed by atoms with van der Waals surface area (Å²) >= 11 is 0. The summed E-state index contributed by atoms with van der Waals surface area (Å²) in [6.07, 6.45) is 0.682. The summed E-state index contributed by atoms with van der Waals surface area (Å²) in [5.74, 6) is -3.57. The summed E-state index contributed by atoms with van der Waals surface area (Å²) in [7, 11) is 0. The summed E-state index contributed by atoms with van der Waals surface area (Å²) in [6, 6.07) is 3.31. The van der Waals surface area contributed by atoms with Gasteiger partial charge >= 0.3 is 0 Å². The molecule has 0 aliphatic rings. The van der Waals surface area contributed by atoms with Crippen molar-refractivity contribution < 1.29 is 40.2 Å². The van der Waals surface area contributed by atoms with E-state index in [2.05, 4.69) is 0 Å². The van der Waals surface area contributed by atoms with Crippen LogP contribution in [0.5, 0.6) is 34.5 Å². The molecule has 8 nitrogen and oxygen atoms in total. The van der Waals surface area contributed by atoms with Crippen LogP contribution in [0.25, 0.3) is 32.7 Å². The zero-order valence-electron chi connectivity index (χ0n) is 22.0. The van der Waals surface area contributed by atoms with Crippen LogP contribution in [0.15, 0.2) is 12.1 Å². The smallest absolute Gasteiger partial charge is 0.169 e. The van der Waals surface area contributed by atoms with Gasteiger partial charge in [0.25, 0.3) is 0 Å². The maximum absolute atomic E-state index is 12.0. The number of aromatic hydroxyl groups is 6. The molecule has 6 N–H and O–H groups in total. The van der Waals surface area contributed by atoms with Crippen LogP contribution in [0, 0.1) is 13.8 Å². The Bertz CT molecular complexity index is 1550. The first-order valence-electron chi connectivity index (χ1n) is 12.2. The van der Waals surface area contributed by atoms with Gasteiger partial charge in [-0.15, -0.1) is 0 Å². The van der Waals surface area contributed by atoms with Gasteiger partial charge in [-0.05, 0) is 47.6 Å². The van der Waals surface area contributed by atoms with E-state index in [9.17, 15) is 40.2 Å². The SMILES string of the molecule is Cc1cc2c(C(C)C)c(O)c(O)c(C=O)c2c(O)c1-c1c(C)cc2c(C(C)C)c(O)c(O)c([14CH]=O)c2c1O. The Morgan fingerprint density at radius 1 is 0.658 bits per heavy atom. The van der Waals surface area contributed by atoms with Crippen molar-refractivity contribution in [3.8, 4) is 45.6 Å². The van der Waals surface area contributed by atoms with Gasteiger partial charge in [0.1, 0.15) is 11.5 Å². The largest absolute Gasteiger partial charge is 0.507 e. The van der Waals surface area contributed by atoms with Crippen molar-refractivity contribution >= 4 is 34.1 Å². The van der Waals surface area contributed by atoms with Gasteiger partial charge in [0, 0.05) is 33.0 Å². The first-order valence-corrected chi connectivity index (χ1v) is 12.2. The number of aldehydes is 2. The molecule has 4 aromatic carbocycles. The highest BCUT2D eigenvalue weighted by atomic mass is 16.3. The van der Waals surface area contributed by atoms with Gasteiger partial charge in [-0.25, -0.2) is 0 Å². The zero-order chi connectivity index (χ0) is 28.4. The fourth-order valence-corrected chi connectivity index (χ4v) is 5.60. The second kappa shape index (κ2) is 9.13. The molecule has 0 radical (unpaired) electrons. The van der Waals surface area contributed by atoms with E-state index in [1.807, 2.05) is 0 Å². The van der Waals surface area contributed by atoms with E-state index in [-0.39, 0.29) is 44.9 Å². The highest BCUT2D eigenvalue weighted by molar-refractivity contribution is 6.14. The minimum Gasteiger partial charge on any atom is -0.507 e. The van der Waals surface area contributed by atoms with Gasteiger partial charge in [0.2, 0.25) is 0 Å². The van der Waals surface area contributed by atoms with Crippen molar-refractivity contribution in [1.82, 2.24) is 0 Å². The predicted octanol–water partition coefficient (Wildman–Crippen LogP) is 6.38. The fourth-order valence-electron chi connectivity index (χ4n) is 5.60. The number of hydrogen-bond donors (Lipinski definition) is 6. The van der Waals surface area contributed by atoms with E-state index in [0.717, 1.165) is 0 Å². The van der Waals surface area contributed by atoms with Gasteiger partial charge in [-0.3, -0.25) is 9.59 Å². The van der Waals surface area contributed by atoms with Crippen LogP contribution in [0.4, 0.5) is 0 Å². The lowest BCUT2D eigenvalue weighted by Crippen LogP contribution is -2.01. The van der Waals surface area contributed by atoms with Crippen LogP contribution in [0.2, 0.25) is 0 Å². The van der Waals surface area contributed by atoms with E-state index >= 15 is 0 Å². The van der Waals surface area contributed by atoms with Gasteiger partial charge in [0.05, 0.1) is 11.1 Å². The zero-order valence-corrected chi connectivity index (χ0v) is 22.0. The molecular weight excluding hydrogens is 490 g/mol. The highest BCUT2D eigenvalue weighted by Crippen LogP contribution is 2.54. The normalized spacial score (nSPS) is 11.7. The molecule has 0 amide bonds. The third-order valence-corrected chi connectivity index (χ3v) is 7.22. The predicted molar refractivity (Wildman–Crippen MR) is 145 cm³/mol. The molecule has 0 bridgehead atoms. The first kappa shape index (κ1) is 26.6. The molecule has 0 heterocycles. The number of carbonyl (C=O) groups is 2. The molecule has 0 fully saturated rings. The number of carbonyl (C=O) groups excluding carboxylic acids is 2. The number of phenols is 6. The average molecular weight is 521 g/mol. The molecular formula is C30H30O8. The first-order chi connectivity index (χ1) is 17.8. The molecule has 0 unspecified atom stereocenters. The van der Waals surface area contributed by atoms with Crippen LogP contribution in [-0.4, -0.2) is 43.2 Å². The maximum atomic E-state index is 12.0. The summed E-state index contributed by atoms with van der Waals surface area (Å²) in [5.41, 5.74) is 1.33. The molecule has 4 aromatic rings. The van der Waals surface area contributed by atoms with E-state index < -0.39 is 34.5 Å². The molecule has 0 aliphatic heterocycles. The Labute approximate surface area is 219 Å². The van der Waals surface area contributed by atoms with Gasteiger partial charge in [-0.2, -0.15) is 0 Å². The Morgan fingerprint density at radius 3 is 1.50 bits per heavy atom. The Kier molecular flexibility index (Phi) is 6.39. The number of hydrogen-bond acceptors (Lipinski definition) is 8. The molecule has 0 saturated carbocycles. The number of aryl methyl sites for hydroxylation is 2. The fraction of sp³-hybridized carbons (Fsp3) is 0.267. The molecule has 0 aromatic heterocycles. The van der Waals surface area contributed by atoms with E-state index in [4.69, 9.17) is 0 Å². The second-order valence-electron chi connectivity index (χ2n) is 10.3. The third-order valence-electron chi connectivity index (χ3n) is 7.22. The quantitative estimate of drug-likeness (QED) is 0.131. The average Bonchev–Trinajstić information content (AvgIpc) is 2.83. The minimum atomic E-state index is -0.661. The van der Waals surface area contributed by atoms with Crippen LogP contribution >= 0.6 is 0 Å². The maximum Gasteiger partial charge on any atom is 0.169 e. The van der Waals surface area contributed by atoms with Crippen LogP contribution in [-0.2, 0) is 0 Å². The van der Waals surface area contributed by atoms with E-state index in [1.165, 1.54) is 0 Å². The van der Waals surface area contributed by atoms with E-state index in [1.54, 1.807) is 53.7 Å². The van der Waals surface area contributed by atoms with Crippen molar-refractivity contribution in [2.24, 2.45) is 0 Å². The van der Waals surface area contributed by atoms with E-state index in [0.29, 0.717) is 45.6 Å². The van der Waals surface area contributed by atoms with Crippen molar-refractivity contribution in [2.45, 2.75) is 53.4 Å². The third kappa shape index (κ3) is 3.51. The molecule has 4 rings (SSSR count). The lowest BCUT2D eigenvalue weighted by atomic mass is 9.83. The van der Waals surface area contributed by atoms with Crippen molar-refractivity contribution in [2.75, 3.05) is 0 Å². The van der Waals surface area contributed by atoms with Crippen LogP contribution in [0.3, 0.4) is 0 Å². The Balaban J connectivity index is 2.27. The van der Waals surface area contributed by atoms with Crippen molar-refractivity contribution in [3.63, 3.8) is 0 Å². The molecule has 0 spiro atoms. The van der Waals surface area contributed by atoms with Gasteiger partial charge in [-0.1, -0.05) is 39.8 Å². The molecule has 0 saturated heterocycles. The van der Waals surface area contributed by atoms with Gasteiger partial charge < -0.3 is 30.6 Å². The molecule has 198 valence electrons. The number of fused-ring (bicyclic) bond motifs is 2. The van der Waals surface area contributed by atoms with Crippen LogP contribution in [0.1, 0.15) is 82.5 Å². The standard InChI is InChI=1S/C30H30O8/c1-11(2)19-15-7-13(5)21(27(35)23(15)17(9-31)25(33)29(19)37)22-14(6)8-16-20(12(3)4)30(38)26(34)18(10-32)24(16)28(22)36/h7-12,33-38H,1-6H3/i9+2. The number of benzene rings is 4. The Morgan fingerprint density at radius 2 is 1.08 bits per heavy atom. The Hall–Kier alpha value is -4.46. The highest BCUT2D eigenvalue weighted by Gasteiger charge is 2.29. The number of phenolic OH excluding ortho intramolecular Hbond substituents is 6. The lowest BCUT2D eigenvalue weighted by molar-refractivity contribution is 0.111. The van der Waals surface area contributed by atoms with Crippen molar-refractivity contribution in [3.05, 3.63) is 45.5 Å². The number of rotatable bonds is 5. The summed E-state index contributed by atoms with van der Waals surface area (Å²) < 4.78 is 0. The summed E-state index contributed by atoms with van der Waals surface area (Å²) in [5, 5.41) is 66.4. The van der Waals surface area contributed by atoms with Crippen molar-refractivity contribution in [1.29, 1.82) is 0 Å². The molecule has 38 heavy (non-hydrogen) atoms. The minimum absolute atomic E-state index is 0.00512. The lowest BCUT2D eigenvalue weighted by Gasteiger charge is -2.23. The second-order valence-corrected chi connectivity index (χ2v) is 10.3. The molecule has 8 heteroatoms. The topological polar surface area (TPSA) is 156 Å². The monoisotopic (exact) mass is 520 g/mol. The van der Waals surface area contributed by atoms with Gasteiger partial charge in [0.15, 0.2) is 35.6 Å². The molecule has 0 aliphatic carbocycles. The van der Waals surface area contributed by atoms with Crippen LogP contribution < -0.4 is 0 Å². The summed E-state index contributed by atoms with van der Waals surface area (Å²) in [4.78, 5) is 24.0. The molecule has 0 atom stereocenters.